The van der Waals surface area contributed by atoms with Crippen LogP contribution in [0.2, 0.25) is 0 Å². The van der Waals surface area contributed by atoms with Crippen molar-refractivity contribution < 1.29 is 13.5 Å². The molecule has 1 aromatic carbocycles. The zero-order valence-electron chi connectivity index (χ0n) is 10.5. The lowest BCUT2D eigenvalue weighted by Crippen LogP contribution is -2.32. The molecule has 0 bridgehead atoms. The van der Waals surface area contributed by atoms with Crippen molar-refractivity contribution in [2.24, 2.45) is 0 Å². The van der Waals surface area contributed by atoms with Crippen molar-refractivity contribution in [2.45, 2.75) is 13.3 Å². The summed E-state index contributed by atoms with van der Waals surface area (Å²) in [5, 5.41) is 10.1. The molecule has 0 aliphatic rings. The Morgan fingerprint density at radius 2 is 1.89 bits per heavy atom. The molecular weight excluding hydrogens is 250 g/mol. The summed E-state index contributed by atoms with van der Waals surface area (Å²) in [6.45, 7) is 2.29. The van der Waals surface area contributed by atoms with Crippen molar-refractivity contribution in [3.8, 4) is 0 Å². The maximum atomic E-state index is 12.0. The van der Waals surface area contributed by atoms with Gasteiger partial charge in [0.05, 0.1) is 6.61 Å². The second kappa shape index (κ2) is 7.31. The molecule has 0 unspecified atom stereocenters. The second-order valence-corrected chi connectivity index (χ2v) is 5.70. The van der Waals surface area contributed by atoms with E-state index >= 15 is 0 Å². The molecule has 0 radical (unpaired) electrons. The molecule has 4 nitrogen and oxygen atoms in total. The molecule has 1 rings (SSSR count). The van der Waals surface area contributed by atoms with Crippen molar-refractivity contribution >= 4 is 16.1 Å². The molecule has 0 aliphatic carbocycles. The van der Waals surface area contributed by atoms with Gasteiger partial charge in [-0.25, -0.2) is 8.42 Å². The van der Waals surface area contributed by atoms with Gasteiger partial charge in [-0.05, 0) is 18.1 Å². The standard InChI is InChI=1S/C13H19NO3S/c1-2-9-14(10-11-15)18(16,17)12-8-13-6-4-3-5-7-13/h3-8,12,15H,2,9-11H2,1H3/b12-8+. The average molecular weight is 269 g/mol. The molecule has 0 heterocycles. The van der Waals surface area contributed by atoms with E-state index in [1.54, 1.807) is 6.08 Å². The third-order valence-corrected chi connectivity index (χ3v) is 3.98. The summed E-state index contributed by atoms with van der Waals surface area (Å²) in [7, 11) is -3.45. The molecule has 0 fully saturated rings. The zero-order valence-corrected chi connectivity index (χ0v) is 11.3. The normalized spacial score (nSPS) is 12.4. The first-order valence-electron chi connectivity index (χ1n) is 5.94. The quantitative estimate of drug-likeness (QED) is 0.819. The van der Waals surface area contributed by atoms with Crippen molar-refractivity contribution in [1.82, 2.24) is 4.31 Å². The van der Waals surface area contributed by atoms with E-state index in [9.17, 15) is 8.42 Å². The molecule has 0 saturated heterocycles. The topological polar surface area (TPSA) is 57.6 Å². The molecule has 100 valence electrons. The van der Waals surface area contributed by atoms with Crippen LogP contribution in [-0.2, 0) is 10.0 Å². The fourth-order valence-corrected chi connectivity index (χ4v) is 2.82. The summed E-state index contributed by atoms with van der Waals surface area (Å²) in [6, 6.07) is 9.25. The van der Waals surface area contributed by atoms with Gasteiger partial charge in [0.25, 0.3) is 0 Å². The molecule has 0 aliphatic heterocycles. The van der Waals surface area contributed by atoms with E-state index in [4.69, 9.17) is 5.11 Å². The van der Waals surface area contributed by atoms with Gasteiger partial charge >= 0.3 is 0 Å². The fourth-order valence-electron chi connectivity index (χ4n) is 1.54. The Balaban J connectivity index is 2.82. The van der Waals surface area contributed by atoms with Gasteiger partial charge in [0.15, 0.2) is 0 Å². The average Bonchev–Trinajstić information content (AvgIpc) is 2.37. The smallest absolute Gasteiger partial charge is 0.236 e. The molecule has 0 saturated carbocycles. The van der Waals surface area contributed by atoms with Crippen LogP contribution in [0.3, 0.4) is 0 Å². The van der Waals surface area contributed by atoms with E-state index in [0.29, 0.717) is 6.54 Å². The first-order valence-corrected chi connectivity index (χ1v) is 7.44. The van der Waals surface area contributed by atoms with Gasteiger partial charge in [-0.15, -0.1) is 0 Å². The highest BCUT2D eigenvalue weighted by molar-refractivity contribution is 7.92. The molecule has 0 amide bonds. The molecule has 1 N–H and O–H groups in total. The number of benzene rings is 1. The number of nitrogens with zero attached hydrogens (tertiary/aromatic N) is 1. The first kappa shape index (κ1) is 14.9. The monoisotopic (exact) mass is 269 g/mol. The van der Waals surface area contributed by atoms with Crippen LogP contribution < -0.4 is 0 Å². The Morgan fingerprint density at radius 1 is 1.22 bits per heavy atom. The minimum atomic E-state index is -3.45. The third-order valence-electron chi connectivity index (χ3n) is 2.41. The molecule has 5 heteroatoms. The number of rotatable bonds is 7. The van der Waals surface area contributed by atoms with Gasteiger partial charge in [0, 0.05) is 18.5 Å². The van der Waals surface area contributed by atoms with E-state index < -0.39 is 10.0 Å². The van der Waals surface area contributed by atoms with Gasteiger partial charge in [-0.3, -0.25) is 0 Å². The lowest BCUT2D eigenvalue weighted by atomic mass is 10.2. The lowest BCUT2D eigenvalue weighted by Gasteiger charge is -2.17. The van der Waals surface area contributed by atoms with Gasteiger partial charge in [-0.1, -0.05) is 37.3 Å². The highest BCUT2D eigenvalue weighted by Gasteiger charge is 2.17. The van der Waals surface area contributed by atoms with Crippen LogP contribution in [0.25, 0.3) is 6.08 Å². The van der Waals surface area contributed by atoms with Crippen LogP contribution in [0.15, 0.2) is 35.7 Å². The summed E-state index contributed by atoms with van der Waals surface area (Å²) in [5.74, 6) is 0. The first-order chi connectivity index (χ1) is 8.60. The minimum absolute atomic E-state index is 0.134. The Labute approximate surface area is 109 Å². The predicted octanol–water partition coefficient (Wildman–Crippen LogP) is 1.69. The van der Waals surface area contributed by atoms with E-state index in [1.165, 1.54) is 9.71 Å². The minimum Gasteiger partial charge on any atom is -0.395 e. The SMILES string of the molecule is CCCN(CCO)S(=O)(=O)/C=C/c1ccccc1. The summed E-state index contributed by atoms with van der Waals surface area (Å²) in [5.41, 5.74) is 0.835. The molecule has 0 atom stereocenters. The van der Waals surface area contributed by atoms with Crippen molar-refractivity contribution in [2.75, 3.05) is 19.7 Å². The van der Waals surface area contributed by atoms with Crippen molar-refractivity contribution in [3.05, 3.63) is 41.3 Å². The van der Waals surface area contributed by atoms with Crippen molar-refractivity contribution in [3.63, 3.8) is 0 Å². The highest BCUT2D eigenvalue weighted by Crippen LogP contribution is 2.08. The number of hydrogen-bond donors (Lipinski definition) is 1. The Morgan fingerprint density at radius 3 is 2.44 bits per heavy atom. The van der Waals surface area contributed by atoms with Gasteiger partial charge in [0.1, 0.15) is 0 Å². The molecular formula is C13H19NO3S. The summed E-state index contributed by atoms with van der Waals surface area (Å²) >= 11 is 0. The van der Waals surface area contributed by atoms with E-state index in [1.807, 2.05) is 37.3 Å². The summed E-state index contributed by atoms with van der Waals surface area (Å²) in [6.07, 6.45) is 2.29. The maximum Gasteiger partial charge on any atom is 0.236 e. The van der Waals surface area contributed by atoms with Gasteiger partial charge in [-0.2, -0.15) is 4.31 Å². The van der Waals surface area contributed by atoms with Crippen LogP contribution in [0, 0.1) is 0 Å². The molecule has 18 heavy (non-hydrogen) atoms. The van der Waals surface area contributed by atoms with Crippen LogP contribution >= 0.6 is 0 Å². The van der Waals surface area contributed by atoms with Gasteiger partial charge in [0.2, 0.25) is 10.0 Å². The van der Waals surface area contributed by atoms with Crippen LogP contribution in [0.4, 0.5) is 0 Å². The predicted molar refractivity (Wildman–Crippen MR) is 73.3 cm³/mol. The number of aliphatic hydroxyl groups excluding tert-OH is 1. The largest absolute Gasteiger partial charge is 0.395 e. The third kappa shape index (κ3) is 4.60. The second-order valence-electron chi connectivity index (χ2n) is 3.88. The van der Waals surface area contributed by atoms with E-state index in [-0.39, 0.29) is 13.2 Å². The lowest BCUT2D eigenvalue weighted by molar-refractivity contribution is 0.254. The zero-order chi connectivity index (χ0) is 13.4. The number of aliphatic hydroxyl groups is 1. The van der Waals surface area contributed by atoms with Crippen LogP contribution in [0.1, 0.15) is 18.9 Å². The summed E-state index contributed by atoms with van der Waals surface area (Å²) in [4.78, 5) is 0. The van der Waals surface area contributed by atoms with Crippen molar-refractivity contribution in [1.29, 1.82) is 0 Å². The van der Waals surface area contributed by atoms with E-state index in [2.05, 4.69) is 0 Å². The Hall–Kier alpha value is -1.17. The Kier molecular flexibility index (Phi) is 6.04. The van der Waals surface area contributed by atoms with Crippen LogP contribution in [-0.4, -0.2) is 37.5 Å². The van der Waals surface area contributed by atoms with E-state index in [0.717, 1.165) is 12.0 Å². The highest BCUT2D eigenvalue weighted by atomic mass is 32.2. The molecule has 0 spiro atoms. The Bertz CT molecular complexity index is 462. The van der Waals surface area contributed by atoms with Gasteiger partial charge < -0.3 is 5.11 Å². The van der Waals surface area contributed by atoms with Crippen LogP contribution in [0.5, 0.6) is 0 Å². The molecule has 1 aromatic rings. The maximum absolute atomic E-state index is 12.0. The number of sulfonamides is 1. The molecule has 0 aromatic heterocycles. The fraction of sp³-hybridized carbons (Fsp3) is 0.385. The summed E-state index contributed by atoms with van der Waals surface area (Å²) < 4.78 is 25.3. The number of hydrogen-bond acceptors (Lipinski definition) is 3.